The smallest absolute Gasteiger partial charge is 0.305 e. The summed E-state index contributed by atoms with van der Waals surface area (Å²) < 4.78 is 1.59. The lowest BCUT2D eigenvalue weighted by Crippen LogP contribution is -2.38. The molecule has 0 atom stereocenters. The molecule has 0 amide bonds. The Kier molecular flexibility index (Phi) is 4.11. The van der Waals surface area contributed by atoms with Crippen molar-refractivity contribution < 1.29 is 9.90 Å². The Bertz CT molecular complexity index is 488. The molecule has 0 unspecified atom stereocenters. The number of aliphatic carboxylic acids is 1. The zero-order valence-corrected chi connectivity index (χ0v) is 11.2. The quantitative estimate of drug-likeness (QED) is 0.863. The van der Waals surface area contributed by atoms with Gasteiger partial charge in [-0.1, -0.05) is 0 Å². The Balaban J connectivity index is 3.04. The number of hydrogen-bond acceptors (Lipinski definition) is 4. The van der Waals surface area contributed by atoms with Gasteiger partial charge >= 0.3 is 5.97 Å². The maximum Gasteiger partial charge on any atom is 0.305 e. The summed E-state index contributed by atoms with van der Waals surface area (Å²) in [6, 6.07) is 0. The number of rotatable bonds is 4. The first-order valence-electron chi connectivity index (χ1n) is 5.74. The lowest BCUT2D eigenvalue weighted by molar-refractivity contribution is -0.136. The van der Waals surface area contributed by atoms with Gasteiger partial charge in [-0.05, 0) is 20.8 Å². The summed E-state index contributed by atoms with van der Waals surface area (Å²) in [7, 11) is 1.67. The van der Waals surface area contributed by atoms with Crippen LogP contribution in [0, 0.1) is 0 Å². The molecule has 0 radical (unpaired) electrons. The van der Waals surface area contributed by atoms with Crippen LogP contribution in [-0.2, 0) is 10.3 Å². The monoisotopic (exact) mass is 253 g/mol. The number of aromatic nitrogens is 2. The number of carboxylic acids is 1. The SMILES string of the molecule is CN(CCC(=O)O)c1nccn(C(C)(C)C)c1=O. The summed E-state index contributed by atoms with van der Waals surface area (Å²) in [5.74, 6) is -0.623. The van der Waals surface area contributed by atoms with Gasteiger partial charge in [-0.15, -0.1) is 0 Å². The van der Waals surface area contributed by atoms with E-state index in [9.17, 15) is 9.59 Å². The molecule has 1 aromatic rings. The third kappa shape index (κ3) is 3.32. The van der Waals surface area contributed by atoms with Crippen LogP contribution < -0.4 is 10.5 Å². The molecule has 1 aromatic heterocycles. The fourth-order valence-electron chi connectivity index (χ4n) is 1.56. The van der Waals surface area contributed by atoms with Crippen molar-refractivity contribution in [1.82, 2.24) is 9.55 Å². The summed E-state index contributed by atoms with van der Waals surface area (Å²) >= 11 is 0. The van der Waals surface area contributed by atoms with Gasteiger partial charge < -0.3 is 14.6 Å². The number of carboxylic acid groups (broad SMARTS) is 1. The minimum Gasteiger partial charge on any atom is -0.481 e. The van der Waals surface area contributed by atoms with Crippen molar-refractivity contribution in [2.45, 2.75) is 32.7 Å². The molecule has 100 valence electrons. The van der Waals surface area contributed by atoms with Crippen LogP contribution >= 0.6 is 0 Å². The van der Waals surface area contributed by atoms with E-state index in [1.165, 1.54) is 0 Å². The Labute approximate surface area is 106 Å². The Morgan fingerprint density at radius 1 is 1.50 bits per heavy atom. The van der Waals surface area contributed by atoms with Gasteiger partial charge in [0.05, 0.1) is 6.42 Å². The van der Waals surface area contributed by atoms with Gasteiger partial charge in [0.15, 0.2) is 5.82 Å². The highest BCUT2D eigenvalue weighted by molar-refractivity contribution is 5.67. The van der Waals surface area contributed by atoms with Crippen LogP contribution in [0.2, 0.25) is 0 Å². The van der Waals surface area contributed by atoms with Crippen LogP contribution in [0.15, 0.2) is 17.2 Å². The van der Waals surface area contributed by atoms with Crippen LogP contribution in [0.25, 0.3) is 0 Å². The molecule has 0 aromatic carbocycles. The third-order valence-electron chi connectivity index (χ3n) is 2.57. The van der Waals surface area contributed by atoms with E-state index < -0.39 is 5.97 Å². The van der Waals surface area contributed by atoms with Crippen LogP contribution in [0.1, 0.15) is 27.2 Å². The number of anilines is 1. The second-order valence-electron chi connectivity index (χ2n) is 5.16. The molecule has 0 spiro atoms. The van der Waals surface area contributed by atoms with E-state index >= 15 is 0 Å². The standard InChI is InChI=1S/C12H19N3O3/c1-12(2,3)15-8-6-13-10(11(15)18)14(4)7-5-9(16)17/h6,8H,5,7H2,1-4H3,(H,16,17). The van der Waals surface area contributed by atoms with E-state index in [1.807, 2.05) is 20.8 Å². The second-order valence-corrected chi connectivity index (χ2v) is 5.16. The third-order valence-corrected chi connectivity index (χ3v) is 2.57. The predicted molar refractivity (Wildman–Crippen MR) is 69.0 cm³/mol. The summed E-state index contributed by atoms with van der Waals surface area (Å²) in [4.78, 5) is 28.3. The van der Waals surface area contributed by atoms with Crippen LogP contribution in [0.3, 0.4) is 0 Å². The maximum absolute atomic E-state index is 12.2. The maximum atomic E-state index is 12.2. The molecule has 0 saturated heterocycles. The van der Waals surface area contributed by atoms with Crippen molar-refractivity contribution in [1.29, 1.82) is 0 Å². The Hall–Kier alpha value is -1.85. The summed E-state index contributed by atoms with van der Waals surface area (Å²) in [6.07, 6.45) is 3.16. The molecule has 18 heavy (non-hydrogen) atoms. The molecular formula is C12H19N3O3. The molecule has 0 bridgehead atoms. The van der Waals surface area contributed by atoms with Gasteiger partial charge in [-0.25, -0.2) is 4.98 Å². The molecule has 0 aliphatic rings. The highest BCUT2D eigenvalue weighted by Crippen LogP contribution is 2.11. The summed E-state index contributed by atoms with van der Waals surface area (Å²) in [6.45, 7) is 6.03. The molecule has 0 fully saturated rings. The number of hydrogen-bond donors (Lipinski definition) is 1. The molecule has 0 aliphatic carbocycles. The van der Waals surface area contributed by atoms with Gasteiger partial charge in [0.1, 0.15) is 0 Å². The van der Waals surface area contributed by atoms with E-state index in [-0.39, 0.29) is 29.9 Å². The highest BCUT2D eigenvalue weighted by atomic mass is 16.4. The normalized spacial score (nSPS) is 11.3. The Morgan fingerprint density at radius 3 is 2.61 bits per heavy atom. The van der Waals surface area contributed by atoms with E-state index in [0.29, 0.717) is 0 Å². The first-order valence-corrected chi connectivity index (χ1v) is 5.74. The molecule has 0 aliphatic heterocycles. The summed E-state index contributed by atoms with van der Waals surface area (Å²) in [5.41, 5.74) is -0.541. The summed E-state index contributed by atoms with van der Waals surface area (Å²) in [5, 5.41) is 8.63. The molecule has 1 rings (SSSR count). The first kappa shape index (κ1) is 14.2. The van der Waals surface area contributed by atoms with Gasteiger partial charge in [-0.3, -0.25) is 9.59 Å². The lowest BCUT2D eigenvalue weighted by Gasteiger charge is -2.24. The molecule has 0 saturated carbocycles. The topological polar surface area (TPSA) is 75.4 Å². The number of carbonyl (C=O) groups is 1. The van der Waals surface area contributed by atoms with Crippen molar-refractivity contribution in [3.63, 3.8) is 0 Å². The predicted octanol–water partition coefficient (Wildman–Crippen LogP) is 0.909. The van der Waals surface area contributed by atoms with Crippen molar-refractivity contribution in [3.05, 3.63) is 22.7 Å². The fourth-order valence-corrected chi connectivity index (χ4v) is 1.56. The fraction of sp³-hybridized carbons (Fsp3) is 0.583. The van der Waals surface area contributed by atoms with E-state index in [0.717, 1.165) is 0 Å². The van der Waals surface area contributed by atoms with E-state index in [2.05, 4.69) is 4.98 Å². The van der Waals surface area contributed by atoms with Crippen molar-refractivity contribution in [2.75, 3.05) is 18.5 Å². The van der Waals surface area contributed by atoms with Gasteiger partial charge in [0.25, 0.3) is 5.56 Å². The molecule has 1 N–H and O–H groups in total. The highest BCUT2D eigenvalue weighted by Gasteiger charge is 2.18. The average molecular weight is 253 g/mol. The molecule has 1 heterocycles. The van der Waals surface area contributed by atoms with Crippen molar-refractivity contribution in [3.8, 4) is 0 Å². The van der Waals surface area contributed by atoms with Crippen LogP contribution in [0.5, 0.6) is 0 Å². The van der Waals surface area contributed by atoms with Crippen molar-refractivity contribution >= 4 is 11.8 Å². The van der Waals surface area contributed by atoms with Crippen LogP contribution in [0.4, 0.5) is 5.82 Å². The zero-order chi connectivity index (χ0) is 13.9. The van der Waals surface area contributed by atoms with E-state index in [4.69, 9.17) is 5.11 Å². The van der Waals surface area contributed by atoms with Gasteiger partial charge in [0.2, 0.25) is 0 Å². The molecular weight excluding hydrogens is 234 g/mol. The minimum absolute atomic E-state index is 0.0258. The van der Waals surface area contributed by atoms with Crippen molar-refractivity contribution in [2.24, 2.45) is 0 Å². The second kappa shape index (κ2) is 5.20. The largest absolute Gasteiger partial charge is 0.481 e. The molecule has 6 nitrogen and oxygen atoms in total. The number of nitrogens with zero attached hydrogens (tertiary/aromatic N) is 3. The molecule has 6 heteroatoms. The average Bonchev–Trinajstić information content (AvgIpc) is 2.24. The van der Waals surface area contributed by atoms with Gasteiger partial charge in [0, 0.05) is 31.5 Å². The van der Waals surface area contributed by atoms with E-state index in [1.54, 1.807) is 28.9 Å². The lowest BCUT2D eigenvalue weighted by atomic mass is 10.1. The first-order chi connectivity index (χ1) is 8.23. The van der Waals surface area contributed by atoms with Crippen LogP contribution in [-0.4, -0.2) is 34.2 Å². The van der Waals surface area contributed by atoms with Gasteiger partial charge in [-0.2, -0.15) is 0 Å². The zero-order valence-electron chi connectivity index (χ0n) is 11.2. The minimum atomic E-state index is -0.895. The Morgan fingerprint density at radius 2 is 2.11 bits per heavy atom.